The largest absolute Gasteiger partial charge is 0.496 e. The van der Waals surface area contributed by atoms with E-state index in [9.17, 15) is 4.79 Å². The summed E-state index contributed by atoms with van der Waals surface area (Å²) in [5, 5.41) is 0. The van der Waals surface area contributed by atoms with Crippen LogP contribution in [0, 0.1) is 5.92 Å². The number of nitrogens with zero attached hydrogens (tertiary/aromatic N) is 1. The van der Waals surface area contributed by atoms with E-state index in [0.29, 0.717) is 5.92 Å². The SMILES string of the molecule is C=CC(=O)N1CCCC(Cc2ccccc2OC)C1. The zero-order valence-electron chi connectivity index (χ0n) is 11.5. The van der Waals surface area contributed by atoms with Crippen molar-refractivity contribution in [3.8, 4) is 5.75 Å². The molecule has 1 atom stereocenters. The van der Waals surface area contributed by atoms with Crippen LogP contribution in [-0.4, -0.2) is 31.0 Å². The minimum atomic E-state index is 0.0460. The second-order valence-electron chi connectivity index (χ2n) is 5.01. The fraction of sp³-hybridized carbons (Fsp3) is 0.438. The van der Waals surface area contributed by atoms with Crippen molar-refractivity contribution >= 4 is 5.91 Å². The number of carbonyl (C=O) groups excluding carboxylic acids is 1. The molecule has 1 aromatic rings. The van der Waals surface area contributed by atoms with Gasteiger partial charge in [-0.05, 0) is 42.9 Å². The number of hydrogen-bond donors (Lipinski definition) is 0. The molecule has 2 rings (SSSR count). The Morgan fingerprint density at radius 3 is 3.05 bits per heavy atom. The highest BCUT2D eigenvalue weighted by atomic mass is 16.5. The van der Waals surface area contributed by atoms with Crippen LogP contribution in [0.5, 0.6) is 5.75 Å². The third-order valence-electron chi connectivity index (χ3n) is 3.71. The highest BCUT2D eigenvalue weighted by Crippen LogP contribution is 2.26. The molecule has 1 aliphatic rings. The van der Waals surface area contributed by atoms with Gasteiger partial charge in [0.25, 0.3) is 0 Å². The van der Waals surface area contributed by atoms with Gasteiger partial charge in [-0.25, -0.2) is 0 Å². The van der Waals surface area contributed by atoms with E-state index in [1.54, 1.807) is 7.11 Å². The van der Waals surface area contributed by atoms with E-state index >= 15 is 0 Å². The standard InChI is InChI=1S/C16H21NO2/c1-3-16(18)17-10-6-7-13(12-17)11-14-8-4-5-9-15(14)19-2/h3-5,8-9,13H,1,6-7,10-12H2,2H3. The van der Waals surface area contributed by atoms with Gasteiger partial charge in [-0.15, -0.1) is 0 Å². The molecule has 3 nitrogen and oxygen atoms in total. The summed E-state index contributed by atoms with van der Waals surface area (Å²) in [6, 6.07) is 8.11. The van der Waals surface area contributed by atoms with Crippen molar-refractivity contribution in [1.29, 1.82) is 0 Å². The Balaban J connectivity index is 2.02. The van der Waals surface area contributed by atoms with Crippen LogP contribution in [0.15, 0.2) is 36.9 Å². The number of benzene rings is 1. The number of carbonyl (C=O) groups is 1. The lowest BCUT2D eigenvalue weighted by Crippen LogP contribution is -2.39. The number of methoxy groups -OCH3 is 1. The predicted molar refractivity (Wildman–Crippen MR) is 76.2 cm³/mol. The van der Waals surface area contributed by atoms with Crippen LogP contribution in [0.3, 0.4) is 0 Å². The third kappa shape index (κ3) is 3.37. The molecule has 3 heteroatoms. The highest BCUT2D eigenvalue weighted by molar-refractivity contribution is 5.87. The number of likely N-dealkylation sites (tertiary alicyclic amines) is 1. The van der Waals surface area contributed by atoms with Gasteiger partial charge in [0.1, 0.15) is 5.75 Å². The van der Waals surface area contributed by atoms with Crippen LogP contribution in [-0.2, 0) is 11.2 Å². The normalized spacial score (nSPS) is 19.0. The molecule has 19 heavy (non-hydrogen) atoms. The smallest absolute Gasteiger partial charge is 0.245 e. The second-order valence-corrected chi connectivity index (χ2v) is 5.01. The maximum Gasteiger partial charge on any atom is 0.245 e. The van der Waals surface area contributed by atoms with Crippen molar-refractivity contribution in [2.24, 2.45) is 5.92 Å². The summed E-state index contributed by atoms with van der Waals surface area (Å²) < 4.78 is 5.39. The molecular formula is C16H21NO2. The lowest BCUT2D eigenvalue weighted by Gasteiger charge is -2.32. The molecule has 1 amide bonds. The van der Waals surface area contributed by atoms with E-state index in [-0.39, 0.29) is 5.91 Å². The van der Waals surface area contributed by atoms with Gasteiger partial charge in [-0.3, -0.25) is 4.79 Å². The van der Waals surface area contributed by atoms with Gasteiger partial charge in [-0.2, -0.15) is 0 Å². The van der Waals surface area contributed by atoms with E-state index in [1.165, 1.54) is 18.1 Å². The summed E-state index contributed by atoms with van der Waals surface area (Å²) in [5.74, 6) is 1.49. The maximum atomic E-state index is 11.7. The molecule has 0 aromatic heterocycles. The summed E-state index contributed by atoms with van der Waals surface area (Å²) in [5.41, 5.74) is 1.22. The van der Waals surface area contributed by atoms with E-state index in [1.807, 2.05) is 23.1 Å². The molecule has 1 aliphatic heterocycles. The van der Waals surface area contributed by atoms with Gasteiger partial charge in [0.05, 0.1) is 7.11 Å². The summed E-state index contributed by atoms with van der Waals surface area (Å²) in [7, 11) is 1.70. The van der Waals surface area contributed by atoms with Crippen LogP contribution < -0.4 is 4.74 Å². The Hall–Kier alpha value is -1.77. The highest BCUT2D eigenvalue weighted by Gasteiger charge is 2.23. The van der Waals surface area contributed by atoms with Gasteiger partial charge >= 0.3 is 0 Å². The van der Waals surface area contributed by atoms with Gasteiger partial charge in [0, 0.05) is 13.1 Å². The molecule has 0 spiro atoms. The van der Waals surface area contributed by atoms with Crippen LogP contribution in [0.2, 0.25) is 0 Å². The van der Waals surface area contributed by atoms with Gasteiger partial charge < -0.3 is 9.64 Å². The Labute approximate surface area is 114 Å². The van der Waals surface area contributed by atoms with Crippen molar-refractivity contribution in [1.82, 2.24) is 4.90 Å². The molecule has 0 radical (unpaired) electrons. The molecule has 0 bridgehead atoms. The van der Waals surface area contributed by atoms with Crippen molar-refractivity contribution in [2.75, 3.05) is 20.2 Å². The minimum absolute atomic E-state index is 0.0460. The Morgan fingerprint density at radius 1 is 1.53 bits per heavy atom. The fourth-order valence-corrected chi connectivity index (χ4v) is 2.74. The molecule has 102 valence electrons. The summed E-state index contributed by atoms with van der Waals surface area (Å²) >= 11 is 0. The van der Waals surface area contributed by atoms with Crippen molar-refractivity contribution in [2.45, 2.75) is 19.3 Å². The minimum Gasteiger partial charge on any atom is -0.496 e. The molecule has 1 unspecified atom stereocenters. The molecule has 0 N–H and O–H groups in total. The first-order valence-electron chi connectivity index (χ1n) is 6.78. The van der Waals surface area contributed by atoms with Gasteiger partial charge in [-0.1, -0.05) is 24.8 Å². The number of ether oxygens (including phenoxy) is 1. The van der Waals surface area contributed by atoms with Crippen molar-refractivity contribution < 1.29 is 9.53 Å². The van der Waals surface area contributed by atoms with Crippen LogP contribution in [0.1, 0.15) is 18.4 Å². The topological polar surface area (TPSA) is 29.5 Å². The van der Waals surface area contributed by atoms with E-state index in [4.69, 9.17) is 4.74 Å². The molecule has 0 aliphatic carbocycles. The first-order valence-corrected chi connectivity index (χ1v) is 6.78. The average Bonchev–Trinajstić information content (AvgIpc) is 2.47. The maximum absolute atomic E-state index is 11.7. The van der Waals surface area contributed by atoms with Crippen LogP contribution >= 0.6 is 0 Å². The lowest BCUT2D eigenvalue weighted by atomic mass is 9.91. The van der Waals surface area contributed by atoms with E-state index < -0.39 is 0 Å². The van der Waals surface area contributed by atoms with Gasteiger partial charge in [0.2, 0.25) is 5.91 Å². The third-order valence-corrected chi connectivity index (χ3v) is 3.71. The number of hydrogen-bond acceptors (Lipinski definition) is 2. The monoisotopic (exact) mass is 259 g/mol. The first kappa shape index (κ1) is 13.7. The lowest BCUT2D eigenvalue weighted by molar-refractivity contribution is -0.127. The number of amides is 1. The van der Waals surface area contributed by atoms with Crippen LogP contribution in [0.25, 0.3) is 0 Å². The Morgan fingerprint density at radius 2 is 2.32 bits per heavy atom. The van der Waals surface area contributed by atoms with E-state index in [0.717, 1.165) is 31.7 Å². The Bertz CT molecular complexity index is 456. The average molecular weight is 259 g/mol. The molecule has 0 saturated carbocycles. The zero-order valence-corrected chi connectivity index (χ0v) is 11.5. The number of para-hydroxylation sites is 1. The number of rotatable bonds is 4. The van der Waals surface area contributed by atoms with Gasteiger partial charge in [0.15, 0.2) is 0 Å². The molecule has 1 fully saturated rings. The van der Waals surface area contributed by atoms with Crippen molar-refractivity contribution in [3.63, 3.8) is 0 Å². The summed E-state index contributed by atoms with van der Waals surface area (Å²) in [6.07, 6.45) is 4.61. The summed E-state index contributed by atoms with van der Waals surface area (Å²) in [6.45, 7) is 5.24. The Kier molecular flexibility index (Phi) is 4.61. The molecular weight excluding hydrogens is 238 g/mol. The van der Waals surface area contributed by atoms with E-state index in [2.05, 4.69) is 12.6 Å². The zero-order chi connectivity index (χ0) is 13.7. The quantitative estimate of drug-likeness (QED) is 0.778. The molecule has 1 aromatic carbocycles. The predicted octanol–water partition coefficient (Wildman–Crippen LogP) is 2.66. The molecule has 1 saturated heterocycles. The van der Waals surface area contributed by atoms with Crippen LogP contribution in [0.4, 0.5) is 0 Å². The number of piperidine rings is 1. The fourth-order valence-electron chi connectivity index (χ4n) is 2.74. The summed E-state index contributed by atoms with van der Waals surface area (Å²) in [4.78, 5) is 13.6. The molecule has 1 heterocycles. The first-order chi connectivity index (χ1) is 9.24. The second kappa shape index (κ2) is 6.41. The van der Waals surface area contributed by atoms with Crippen molar-refractivity contribution in [3.05, 3.63) is 42.5 Å².